The smallest absolute Gasteiger partial charge is 0.353 e. The Morgan fingerprint density at radius 3 is 2.28 bits per heavy atom. The highest BCUT2D eigenvalue weighted by atomic mass is 16.6. The van der Waals surface area contributed by atoms with Crippen LogP contribution < -0.4 is 10.6 Å². The first kappa shape index (κ1) is 19.9. The number of azo groups is 1. The average Bonchev–Trinajstić information content (AvgIpc) is 2.74. The molecule has 148 valence electrons. The van der Waals surface area contributed by atoms with Gasteiger partial charge >= 0.3 is 5.69 Å². The van der Waals surface area contributed by atoms with E-state index in [1.165, 1.54) is 6.33 Å². The van der Waals surface area contributed by atoms with Crippen LogP contribution in [0.1, 0.15) is 19.8 Å². The number of hydrogen-bond donors (Lipinski definition) is 2. The molecule has 0 aliphatic carbocycles. The fourth-order valence-corrected chi connectivity index (χ4v) is 2.51. The zero-order valence-electron chi connectivity index (χ0n) is 15.9. The summed E-state index contributed by atoms with van der Waals surface area (Å²) < 4.78 is 0. The van der Waals surface area contributed by atoms with Crippen molar-refractivity contribution >= 4 is 34.4 Å². The lowest BCUT2D eigenvalue weighted by molar-refractivity contribution is -0.383. The molecule has 0 saturated carbocycles. The fraction of sp³-hybridized carbons (Fsp3) is 0.200. The monoisotopic (exact) mass is 391 g/mol. The second-order valence-corrected chi connectivity index (χ2v) is 6.16. The molecular weight excluding hydrogens is 370 g/mol. The standard InChI is InChI=1S/C20H21N7O2/c1-2-3-13-21-19-18(27(28)29)20(23-14-22-19)24-15-9-11-17(12-10-15)26-25-16-7-5-4-6-8-16/h4-12,14H,2-3,13H2,1H3,(H2,21,22,23,24). The molecule has 0 aliphatic rings. The van der Waals surface area contributed by atoms with Crippen LogP contribution in [0.3, 0.4) is 0 Å². The zero-order valence-corrected chi connectivity index (χ0v) is 15.9. The molecule has 0 fully saturated rings. The van der Waals surface area contributed by atoms with Crippen LogP contribution in [0.25, 0.3) is 0 Å². The minimum Gasteiger partial charge on any atom is -0.364 e. The third kappa shape index (κ3) is 5.55. The Balaban J connectivity index is 1.75. The van der Waals surface area contributed by atoms with E-state index in [0.717, 1.165) is 18.5 Å². The quantitative estimate of drug-likeness (QED) is 0.207. The van der Waals surface area contributed by atoms with Gasteiger partial charge in [-0.05, 0) is 42.8 Å². The Kier molecular flexibility index (Phi) is 6.77. The number of benzene rings is 2. The molecule has 0 spiro atoms. The summed E-state index contributed by atoms with van der Waals surface area (Å²) in [5, 5.41) is 25.9. The molecule has 0 unspecified atom stereocenters. The molecular formula is C20H21N7O2. The minimum absolute atomic E-state index is 0.127. The van der Waals surface area contributed by atoms with Gasteiger partial charge in [0.1, 0.15) is 6.33 Å². The summed E-state index contributed by atoms with van der Waals surface area (Å²) in [5.74, 6) is 0.330. The van der Waals surface area contributed by atoms with Gasteiger partial charge in [0.25, 0.3) is 0 Å². The molecule has 3 aromatic rings. The van der Waals surface area contributed by atoms with Crippen LogP contribution in [0, 0.1) is 10.1 Å². The van der Waals surface area contributed by atoms with E-state index in [2.05, 4.69) is 30.8 Å². The van der Waals surface area contributed by atoms with E-state index in [1.54, 1.807) is 24.3 Å². The number of anilines is 3. The number of nitrogens with one attached hydrogen (secondary N) is 2. The van der Waals surface area contributed by atoms with Crippen molar-refractivity contribution in [3.8, 4) is 0 Å². The Morgan fingerprint density at radius 2 is 1.62 bits per heavy atom. The summed E-state index contributed by atoms with van der Waals surface area (Å²) in [6.07, 6.45) is 3.17. The SMILES string of the molecule is CCCCNc1ncnc(Nc2ccc(N=Nc3ccccc3)cc2)c1[N+](=O)[O-]. The van der Waals surface area contributed by atoms with Gasteiger partial charge in [-0.15, -0.1) is 0 Å². The van der Waals surface area contributed by atoms with Gasteiger partial charge in [0.15, 0.2) is 0 Å². The third-order valence-electron chi connectivity index (χ3n) is 3.99. The summed E-state index contributed by atoms with van der Waals surface area (Å²) in [5.41, 5.74) is 1.88. The van der Waals surface area contributed by atoms with Gasteiger partial charge in [-0.2, -0.15) is 10.2 Å². The van der Waals surface area contributed by atoms with Crippen LogP contribution in [0.5, 0.6) is 0 Å². The van der Waals surface area contributed by atoms with E-state index in [1.807, 2.05) is 37.3 Å². The van der Waals surface area contributed by atoms with Crippen molar-refractivity contribution in [3.63, 3.8) is 0 Å². The number of hydrogen-bond acceptors (Lipinski definition) is 8. The molecule has 3 rings (SSSR count). The first-order chi connectivity index (χ1) is 14.2. The van der Waals surface area contributed by atoms with Crippen molar-refractivity contribution in [2.45, 2.75) is 19.8 Å². The Bertz CT molecular complexity index is 976. The summed E-state index contributed by atoms with van der Waals surface area (Å²) >= 11 is 0. The summed E-state index contributed by atoms with van der Waals surface area (Å²) in [7, 11) is 0. The second-order valence-electron chi connectivity index (χ2n) is 6.16. The topological polar surface area (TPSA) is 118 Å². The fourth-order valence-electron chi connectivity index (χ4n) is 2.51. The largest absolute Gasteiger partial charge is 0.364 e. The maximum Gasteiger partial charge on any atom is 0.353 e. The minimum atomic E-state index is -0.487. The van der Waals surface area contributed by atoms with Gasteiger partial charge in [-0.3, -0.25) is 10.1 Å². The van der Waals surface area contributed by atoms with Crippen LogP contribution in [0.15, 0.2) is 71.2 Å². The molecule has 2 N–H and O–H groups in total. The molecule has 0 aliphatic heterocycles. The van der Waals surface area contributed by atoms with Crippen LogP contribution in [-0.2, 0) is 0 Å². The van der Waals surface area contributed by atoms with E-state index in [4.69, 9.17) is 0 Å². The predicted octanol–water partition coefficient (Wildman–Crippen LogP) is 5.76. The lowest BCUT2D eigenvalue weighted by Gasteiger charge is -2.10. The van der Waals surface area contributed by atoms with E-state index in [0.29, 0.717) is 17.9 Å². The number of unbranched alkanes of at least 4 members (excludes halogenated alkanes) is 1. The summed E-state index contributed by atoms with van der Waals surface area (Å²) in [6.45, 7) is 2.65. The number of nitro groups is 1. The van der Waals surface area contributed by atoms with Crippen molar-refractivity contribution in [3.05, 3.63) is 71.0 Å². The molecule has 0 bridgehead atoms. The normalized spacial score (nSPS) is 10.8. The van der Waals surface area contributed by atoms with Crippen molar-refractivity contribution < 1.29 is 4.92 Å². The van der Waals surface area contributed by atoms with Crippen molar-refractivity contribution in [2.75, 3.05) is 17.2 Å². The van der Waals surface area contributed by atoms with Gasteiger partial charge < -0.3 is 10.6 Å². The average molecular weight is 391 g/mol. The van der Waals surface area contributed by atoms with Crippen LogP contribution in [-0.4, -0.2) is 21.4 Å². The molecule has 1 heterocycles. The Hall–Kier alpha value is -3.88. The zero-order chi connectivity index (χ0) is 20.5. The maximum atomic E-state index is 11.6. The summed E-state index contributed by atoms with van der Waals surface area (Å²) in [4.78, 5) is 19.1. The Labute approximate surface area is 168 Å². The van der Waals surface area contributed by atoms with E-state index < -0.39 is 4.92 Å². The molecule has 0 radical (unpaired) electrons. The van der Waals surface area contributed by atoms with Crippen LogP contribution >= 0.6 is 0 Å². The molecule has 29 heavy (non-hydrogen) atoms. The van der Waals surface area contributed by atoms with Gasteiger partial charge in [0.2, 0.25) is 11.6 Å². The van der Waals surface area contributed by atoms with Crippen molar-refractivity contribution in [2.24, 2.45) is 10.2 Å². The highest BCUT2D eigenvalue weighted by Crippen LogP contribution is 2.31. The highest BCUT2D eigenvalue weighted by Gasteiger charge is 2.22. The van der Waals surface area contributed by atoms with Gasteiger partial charge in [-0.25, -0.2) is 9.97 Å². The predicted molar refractivity (Wildman–Crippen MR) is 112 cm³/mol. The third-order valence-corrected chi connectivity index (χ3v) is 3.99. The Morgan fingerprint density at radius 1 is 0.966 bits per heavy atom. The summed E-state index contributed by atoms with van der Waals surface area (Å²) in [6, 6.07) is 16.5. The first-order valence-electron chi connectivity index (χ1n) is 9.24. The second kappa shape index (κ2) is 9.88. The van der Waals surface area contributed by atoms with Gasteiger partial charge in [-0.1, -0.05) is 31.5 Å². The van der Waals surface area contributed by atoms with E-state index >= 15 is 0 Å². The molecule has 0 atom stereocenters. The highest BCUT2D eigenvalue weighted by molar-refractivity contribution is 5.74. The van der Waals surface area contributed by atoms with Gasteiger partial charge in [0.05, 0.1) is 16.3 Å². The lowest BCUT2D eigenvalue weighted by atomic mass is 10.3. The van der Waals surface area contributed by atoms with E-state index in [-0.39, 0.29) is 17.3 Å². The molecule has 0 saturated heterocycles. The van der Waals surface area contributed by atoms with Crippen molar-refractivity contribution in [1.82, 2.24) is 9.97 Å². The molecule has 2 aromatic carbocycles. The lowest BCUT2D eigenvalue weighted by Crippen LogP contribution is -2.09. The van der Waals surface area contributed by atoms with Crippen LogP contribution in [0.2, 0.25) is 0 Å². The van der Waals surface area contributed by atoms with Crippen LogP contribution in [0.4, 0.5) is 34.4 Å². The molecule has 9 nitrogen and oxygen atoms in total. The number of rotatable bonds is 9. The number of aromatic nitrogens is 2. The molecule has 0 amide bonds. The maximum absolute atomic E-state index is 11.6. The molecule has 9 heteroatoms. The van der Waals surface area contributed by atoms with E-state index in [9.17, 15) is 10.1 Å². The van der Waals surface area contributed by atoms with Gasteiger partial charge in [0, 0.05) is 12.2 Å². The first-order valence-corrected chi connectivity index (χ1v) is 9.24. The molecule has 1 aromatic heterocycles. The van der Waals surface area contributed by atoms with Crippen molar-refractivity contribution in [1.29, 1.82) is 0 Å². The number of nitrogens with zero attached hydrogens (tertiary/aromatic N) is 5.